The van der Waals surface area contributed by atoms with Crippen molar-refractivity contribution < 1.29 is 4.79 Å². The lowest BCUT2D eigenvalue weighted by Crippen LogP contribution is -2.23. The minimum Gasteiger partial charge on any atom is -0.298 e. The highest BCUT2D eigenvalue weighted by Gasteiger charge is 2.28. The molecule has 0 saturated carbocycles. The molecule has 4 rings (SSSR count). The van der Waals surface area contributed by atoms with Crippen molar-refractivity contribution in [2.75, 3.05) is 11.9 Å². The first-order valence-corrected chi connectivity index (χ1v) is 10.5. The quantitative estimate of drug-likeness (QED) is 0.681. The van der Waals surface area contributed by atoms with E-state index in [2.05, 4.69) is 32.7 Å². The molecular weight excluding hydrogens is 368 g/mol. The molecule has 5 nitrogen and oxygen atoms in total. The summed E-state index contributed by atoms with van der Waals surface area (Å²) in [5.41, 5.74) is 5.09. The lowest BCUT2D eigenvalue weighted by atomic mass is 10.1. The highest BCUT2D eigenvalue weighted by atomic mass is 32.1. The van der Waals surface area contributed by atoms with Crippen LogP contribution in [0.4, 0.5) is 5.13 Å². The Morgan fingerprint density at radius 3 is 2.79 bits per heavy atom. The summed E-state index contributed by atoms with van der Waals surface area (Å²) >= 11 is 1.49. The highest BCUT2D eigenvalue weighted by molar-refractivity contribution is 7.14. The molecule has 3 heterocycles. The number of likely N-dealkylation sites (tertiary alicyclic amines) is 1. The highest BCUT2D eigenvalue weighted by Crippen LogP contribution is 2.34. The smallest absolute Gasteiger partial charge is 0.257 e. The molecule has 1 aliphatic heterocycles. The monoisotopic (exact) mass is 392 g/mol. The number of pyridine rings is 1. The second kappa shape index (κ2) is 8.20. The zero-order valence-electron chi connectivity index (χ0n) is 16.2. The summed E-state index contributed by atoms with van der Waals surface area (Å²) < 4.78 is 0. The number of nitrogens with zero attached hydrogens (tertiary/aromatic N) is 3. The average molecular weight is 393 g/mol. The van der Waals surface area contributed by atoms with Gasteiger partial charge >= 0.3 is 0 Å². The van der Waals surface area contributed by atoms with Gasteiger partial charge in [-0.1, -0.05) is 23.8 Å². The molecule has 1 aliphatic rings. The molecule has 6 heteroatoms. The Bertz CT molecular complexity index is 949. The lowest BCUT2D eigenvalue weighted by molar-refractivity contribution is 0.102. The number of amides is 1. The van der Waals surface area contributed by atoms with Gasteiger partial charge in [-0.25, -0.2) is 4.98 Å². The maximum atomic E-state index is 12.4. The third-order valence-electron chi connectivity index (χ3n) is 5.12. The Hall–Kier alpha value is -2.57. The summed E-state index contributed by atoms with van der Waals surface area (Å²) in [7, 11) is 0. The molecule has 1 fully saturated rings. The largest absolute Gasteiger partial charge is 0.298 e. The van der Waals surface area contributed by atoms with Crippen molar-refractivity contribution in [2.45, 2.75) is 39.3 Å². The Morgan fingerprint density at radius 2 is 2.04 bits per heavy atom. The van der Waals surface area contributed by atoms with E-state index in [1.54, 1.807) is 0 Å². The van der Waals surface area contributed by atoms with Gasteiger partial charge in [-0.15, -0.1) is 11.3 Å². The average Bonchev–Trinajstić information content (AvgIpc) is 3.33. The van der Waals surface area contributed by atoms with E-state index >= 15 is 0 Å². The molecular formula is C22H24N4OS. The summed E-state index contributed by atoms with van der Waals surface area (Å²) in [6, 6.07) is 12.1. The molecule has 1 saturated heterocycles. The second-order valence-electron chi connectivity index (χ2n) is 7.33. The molecule has 28 heavy (non-hydrogen) atoms. The Kier molecular flexibility index (Phi) is 5.50. The number of nitrogens with one attached hydrogen (secondary N) is 1. The normalized spacial score (nSPS) is 17.0. The first-order chi connectivity index (χ1) is 13.6. The number of aryl methyl sites for hydroxylation is 2. The Labute approximate surface area is 169 Å². The van der Waals surface area contributed by atoms with Gasteiger partial charge in [0, 0.05) is 29.4 Å². The zero-order valence-corrected chi connectivity index (χ0v) is 17.0. The van der Waals surface area contributed by atoms with Gasteiger partial charge < -0.3 is 0 Å². The first kappa shape index (κ1) is 18.8. The van der Waals surface area contributed by atoms with Crippen LogP contribution in [-0.4, -0.2) is 27.3 Å². The van der Waals surface area contributed by atoms with Crippen LogP contribution in [0.15, 0.2) is 48.0 Å². The SMILES string of the molecule is Cc1ccc(C(=O)Nc2nc([C@@H]3CCCN3Cc3ccc(C)nc3)cs2)cc1. The van der Waals surface area contributed by atoms with E-state index in [0.29, 0.717) is 16.7 Å². The number of anilines is 1. The number of carbonyl (C=O) groups is 1. The van der Waals surface area contributed by atoms with Crippen LogP contribution in [0.1, 0.15) is 51.8 Å². The van der Waals surface area contributed by atoms with Crippen molar-refractivity contribution in [1.82, 2.24) is 14.9 Å². The predicted octanol–water partition coefficient (Wildman–Crippen LogP) is 4.74. The number of hydrogen-bond acceptors (Lipinski definition) is 5. The minimum absolute atomic E-state index is 0.116. The van der Waals surface area contributed by atoms with Gasteiger partial charge in [0.05, 0.1) is 11.7 Å². The van der Waals surface area contributed by atoms with Crippen molar-refractivity contribution in [3.8, 4) is 0 Å². The van der Waals surface area contributed by atoms with E-state index in [4.69, 9.17) is 4.98 Å². The molecule has 0 bridgehead atoms. The molecule has 1 N–H and O–H groups in total. The van der Waals surface area contributed by atoms with Gasteiger partial charge in [0.2, 0.25) is 0 Å². The van der Waals surface area contributed by atoms with Crippen molar-refractivity contribution in [1.29, 1.82) is 0 Å². The maximum Gasteiger partial charge on any atom is 0.257 e. The van der Waals surface area contributed by atoms with Crippen LogP contribution in [0.3, 0.4) is 0 Å². The number of benzene rings is 1. The van der Waals surface area contributed by atoms with Crippen LogP contribution in [0, 0.1) is 13.8 Å². The fourth-order valence-electron chi connectivity index (χ4n) is 3.55. The molecule has 0 aliphatic carbocycles. The number of hydrogen-bond donors (Lipinski definition) is 1. The van der Waals surface area contributed by atoms with Gasteiger partial charge in [0.1, 0.15) is 0 Å². The van der Waals surface area contributed by atoms with Crippen LogP contribution in [0.2, 0.25) is 0 Å². The fourth-order valence-corrected chi connectivity index (χ4v) is 4.30. The van der Waals surface area contributed by atoms with Crippen molar-refractivity contribution >= 4 is 22.4 Å². The number of thiazole rings is 1. The first-order valence-electron chi connectivity index (χ1n) is 9.57. The molecule has 2 aromatic heterocycles. The van der Waals surface area contributed by atoms with Crippen LogP contribution >= 0.6 is 11.3 Å². The molecule has 144 valence electrons. The zero-order chi connectivity index (χ0) is 19.5. The third-order valence-corrected chi connectivity index (χ3v) is 5.90. The van der Waals surface area contributed by atoms with Crippen LogP contribution in [-0.2, 0) is 6.54 Å². The van der Waals surface area contributed by atoms with Crippen molar-refractivity contribution in [3.05, 3.63) is 76.1 Å². The number of rotatable bonds is 5. The van der Waals surface area contributed by atoms with E-state index in [1.807, 2.05) is 44.3 Å². The van der Waals surface area contributed by atoms with Crippen LogP contribution in [0.5, 0.6) is 0 Å². The molecule has 3 aromatic rings. The number of aromatic nitrogens is 2. The molecule has 1 atom stereocenters. The van der Waals surface area contributed by atoms with E-state index in [0.717, 1.165) is 42.9 Å². The molecule has 0 unspecified atom stereocenters. The van der Waals surface area contributed by atoms with Crippen LogP contribution < -0.4 is 5.32 Å². The molecule has 1 aromatic carbocycles. The maximum absolute atomic E-state index is 12.4. The van der Waals surface area contributed by atoms with Crippen molar-refractivity contribution in [2.24, 2.45) is 0 Å². The summed E-state index contributed by atoms with van der Waals surface area (Å²) in [5, 5.41) is 5.66. The third kappa shape index (κ3) is 4.29. The lowest BCUT2D eigenvalue weighted by Gasteiger charge is -2.23. The van der Waals surface area contributed by atoms with Crippen LogP contribution in [0.25, 0.3) is 0 Å². The van der Waals surface area contributed by atoms with Gasteiger partial charge in [0.15, 0.2) is 5.13 Å². The summed E-state index contributed by atoms with van der Waals surface area (Å²) in [6.07, 6.45) is 4.21. The molecule has 0 radical (unpaired) electrons. The van der Waals surface area contributed by atoms with Gasteiger partial charge in [-0.3, -0.25) is 20.0 Å². The summed E-state index contributed by atoms with van der Waals surface area (Å²) in [6.45, 7) is 5.95. The van der Waals surface area contributed by atoms with Gasteiger partial charge in [-0.05, 0) is 57.0 Å². The van der Waals surface area contributed by atoms with E-state index < -0.39 is 0 Å². The van der Waals surface area contributed by atoms with E-state index in [9.17, 15) is 4.79 Å². The standard InChI is InChI=1S/C22H24N4OS/c1-15-5-9-18(10-6-15)21(27)25-22-24-19(14-28-22)20-4-3-11-26(20)13-17-8-7-16(2)23-12-17/h5-10,12,14,20H,3-4,11,13H2,1-2H3,(H,24,25,27)/t20-/m0/s1. The van der Waals surface area contributed by atoms with Crippen molar-refractivity contribution in [3.63, 3.8) is 0 Å². The predicted molar refractivity (Wildman–Crippen MR) is 113 cm³/mol. The van der Waals surface area contributed by atoms with Gasteiger partial charge in [0.25, 0.3) is 5.91 Å². The minimum atomic E-state index is -0.116. The second-order valence-corrected chi connectivity index (χ2v) is 8.19. The fraction of sp³-hybridized carbons (Fsp3) is 0.318. The van der Waals surface area contributed by atoms with Gasteiger partial charge in [-0.2, -0.15) is 0 Å². The summed E-state index contributed by atoms with van der Waals surface area (Å²) in [5.74, 6) is -0.116. The topological polar surface area (TPSA) is 58.1 Å². The van der Waals surface area contributed by atoms with E-state index in [1.165, 1.54) is 16.9 Å². The molecule has 0 spiro atoms. The van der Waals surface area contributed by atoms with E-state index in [-0.39, 0.29) is 5.91 Å². The summed E-state index contributed by atoms with van der Waals surface area (Å²) in [4.78, 5) is 24.0. The Balaban J connectivity index is 1.43. The Morgan fingerprint density at radius 1 is 1.21 bits per heavy atom. The number of carbonyl (C=O) groups excluding carboxylic acids is 1. The molecule has 1 amide bonds.